The van der Waals surface area contributed by atoms with E-state index in [1.165, 1.54) is 0 Å². The van der Waals surface area contributed by atoms with Gasteiger partial charge in [-0.05, 0) is 42.3 Å². The zero-order valence-electron chi connectivity index (χ0n) is 16.1. The number of nitrogens with one attached hydrogen (secondary N) is 1. The number of ether oxygens (including phenoxy) is 1. The fourth-order valence-corrected chi connectivity index (χ4v) is 4.36. The minimum absolute atomic E-state index is 0.130. The zero-order chi connectivity index (χ0) is 20.0. The van der Waals surface area contributed by atoms with Crippen molar-refractivity contribution >= 4 is 32.6 Å². The highest BCUT2D eigenvalue weighted by molar-refractivity contribution is 6.24. The molecule has 0 aliphatic carbocycles. The van der Waals surface area contributed by atoms with Crippen LogP contribution in [-0.2, 0) is 6.54 Å². The lowest BCUT2D eigenvalue weighted by atomic mass is 9.97. The minimum Gasteiger partial charge on any atom is -0.508 e. The van der Waals surface area contributed by atoms with Gasteiger partial charge in [-0.15, -0.1) is 0 Å². The Morgan fingerprint density at radius 2 is 1.76 bits per heavy atom. The minimum atomic E-state index is 0.130. The predicted molar refractivity (Wildman–Crippen MR) is 117 cm³/mol. The number of para-hydroxylation sites is 1. The second-order valence-electron chi connectivity index (χ2n) is 7.23. The van der Waals surface area contributed by atoms with E-state index in [1.54, 1.807) is 13.2 Å². The maximum Gasteiger partial charge on any atom is 0.126 e. The van der Waals surface area contributed by atoms with Crippen LogP contribution in [0.3, 0.4) is 0 Å². The molecule has 5 nitrogen and oxygen atoms in total. The molecule has 146 valence electrons. The molecular weight excluding hydrogens is 364 g/mol. The number of aliphatic hydroxyl groups is 1. The van der Waals surface area contributed by atoms with Gasteiger partial charge in [-0.25, -0.2) is 0 Å². The van der Waals surface area contributed by atoms with E-state index in [9.17, 15) is 10.2 Å². The molecule has 0 radical (unpaired) electrons. The molecule has 5 aromatic rings. The number of aromatic nitrogens is 2. The number of fused-ring (bicyclic) bond motifs is 5. The van der Waals surface area contributed by atoms with Crippen LogP contribution in [0, 0.1) is 0 Å². The van der Waals surface area contributed by atoms with Crippen molar-refractivity contribution in [3.63, 3.8) is 0 Å². The number of benzene rings is 3. The summed E-state index contributed by atoms with van der Waals surface area (Å²) >= 11 is 0. The number of nitrogens with zero attached hydrogens (tertiary/aromatic N) is 1. The van der Waals surface area contributed by atoms with Crippen molar-refractivity contribution < 1.29 is 14.9 Å². The highest BCUT2D eigenvalue weighted by Crippen LogP contribution is 2.42. The van der Waals surface area contributed by atoms with Crippen LogP contribution in [0.1, 0.15) is 6.42 Å². The lowest BCUT2D eigenvalue weighted by Gasteiger charge is -2.12. The summed E-state index contributed by atoms with van der Waals surface area (Å²) in [5.41, 5.74) is 4.24. The molecule has 2 aromatic heterocycles. The Kier molecular flexibility index (Phi) is 4.18. The summed E-state index contributed by atoms with van der Waals surface area (Å²) in [6.07, 6.45) is 4.68. The summed E-state index contributed by atoms with van der Waals surface area (Å²) in [4.78, 5) is 3.26. The molecule has 0 unspecified atom stereocenters. The van der Waals surface area contributed by atoms with Gasteiger partial charge in [0.15, 0.2) is 0 Å². The van der Waals surface area contributed by atoms with Gasteiger partial charge in [-0.3, -0.25) is 0 Å². The van der Waals surface area contributed by atoms with Crippen molar-refractivity contribution in [3.05, 3.63) is 60.9 Å². The molecule has 2 heterocycles. The van der Waals surface area contributed by atoms with Crippen LogP contribution in [0.25, 0.3) is 43.7 Å². The van der Waals surface area contributed by atoms with E-state index in [1.807, 2.05) is 42.7 Å². The third-order valence-corrected chi connectivity index (χ3v) is 5.61. The third kappa shape index (κ3) is 2.66. The monoisotopic (exact) mass is 386 g/mol. The van der Waals surface area contributed by atoms with Gasteiger partial charge < -0.3 is 24.5 Å². The number of phenols is 1. The Morgan fingerprint density at radius 1 is 0.931 bits per heavy atom. The summed E-state index contributed by atoms with van der Waals surface area (Å²) in [5.74, 6) is 1.07. The Morgan fingerprint density at radius 3 is 2.59 bits per heavy atom. The average Bonchev–Trinajstić information content (AvgIpc) is 3.34. The molecular formula is C24H22N2O3. The maximum atomic E-state index is 10.1. The molecule has 0 saturated carbocycles. The fourth-order valence-electron chi connectivity index (χ4n) is 4.36. The molecule has 0 bridgehead atoms. The van der Waals surface area contributed by atoms with Gasteiger partial charge in [0.25, 0.3) is 0 Å². The zero-order valence-corrected chi connectivity index (χ0v) is 16.1. The SMILES string of the molecule is COc1ccccc1-c1cc2c(c3c[nH]cc13)c1cc(O)ccc1n2CCCO. The lowest BCUT2D eigenvalue weighted by molar-refractivity contribution is 0.281. The van der Waals surface area contributed by atoms with Gasteiger partial charge in [-0.2, -0.15) is 0 Å². The van der Waals surface area contributed by atoms with Crippen molar-refractivity contribution in [2.45, 2.75) is 13.0 Å². The highest BCUT2D eigenvalue weighted by Gasteiger charge is 2.19. The number of aliphatic hydroxyl groups excluding tert-OH is 1. The van der Waals surface area contributed by atoms with E-state index in [0.717, 1.165) is 49.5 Å². The molecule has 5 heteroatoms. The molecule has 0 aliphatic heterocycles. The normalized spacial score (nSPS) is 11.7. The topological polar surface area (TPSA) is 70.4 Å². The number of phenolic OH excluding ortho intramolecular Hbond substituents is 1. The largest absolute Gasteiger partial charge is 0.508 e. The standard InChI is InChI=1S/C24H22N2O3/c1-29-23-6-3-2-5-16(23)17-12-22-24(20-14-25-13-19(17)20)18-11-15(28)7-8-21(18)26(22)9-4-10-27/h2-3,5-8,11-14,25,27-28H,4,9-10H2,1H3. The summed E-state index contributed by atoms with van der Waals surface area (Å²) in [6.45, 7) is 0.827. The summed E-state index contributed by atoms with van der Waals surface area (Å²) in [7, 11) is 1.69. The Hall–Kier alpha value is -3.44. The highest BCUT2D eigenvalue weighted by atomic mass is 16.5. The fraction of sp³-hybridized carbons (Fsp3) is 0.167. The summed E-state index contributed by atoms with van der Waals surface area (Å²) in [6, 6.07) is 15.7. The van der Waals surface area contributed by atoms with E-state index in [2.05, 4.69) is 21.7 Å². The average molecular weight is 386 g/mol. The Bertz CT molecular complexity index is 1350. The summed E-state index contributed by atoms with van der Waals surface area (Å²) < 4.78 is 7.85. The van der Waals surface area contributed by atoms with Gasteiger partial charge in [0.05, 0.1) is 12.6 Å². The van der Waals surface area contributed by atoms with E-state index in [4.69, 9.17) is 4.74 Å². The molecule has 0 fully saturated rings. The smallest absolute Gasteiger partial charge is 0.126 e. The quantitative estimate of drug-likeness (QED) is 0.396. The first-order chi connectivity index (χ1) is 14.2. The molecule has 29 heavy (non-hydrogen) atoms. The van der Waals surface area contributed by atoms with Crippen LogP contribution in [0.2, 0.25) is 0 Å². The molecule has 5 rings (SSSR count). The maximum absolute atomic E-state index is 10.1. The number of aryl methyl sites for hydroxylation is 1. The first kappa shape index (κ1) is 17.6. The van der Waals surface area contributed by atoms with Gasteiger partial charge in [0.1, 0.15) is 11.5 Å². The van der Waals surface area contributed by atoms with E-state index >= 15 is 0 Å². The van der Waals surface area contributed by atoms with Crippen molar-refractivity contribution in [1.29, 1.82) is 0 Å². The number of hydrogen-bond acceptors (Lipinski definition) is 3. The van der Waals surface area contributed by atoms with Gasteiger partial charge >= 0.3 is 0 Å². The van der Waals surface area contributed by atoms with E-state index in [-0.39, 0.29) is 12.4 Å². The van der Waals surface area contributed by atoms with Gasteiger partial charge in [0.2, 0.25) is 0 Å². The number of H-pyrrole nitrogens is 1. The number of rotatable bonds is 5. The lowest BCUT2D eigenvalue weighted by Crippen LogP contribution is -2.00. The second-order valence-corrected chi connectivity index (χ2v) is 7.23. The van der Waals surface area contributed by atoms with Crippen LogP contribution in [-0.4, -0.2) is 33.5 Å². The number of hydrogen-bond donors (Lipinski definition) is 3. The van der Waals surface area contributed by atoms with Crippen LogP contribution in [0.4, 0.5) is 0 Å². The van der Waals surface area contributed by atoms with Crippen molar-refractivity contribution in [2.24, 2.45) is 0 Å². The van der Waals surface area contributed by atoms with E-state index in [0.29, 0.717) is 13.0 Å². The second kappa shape index (κ2) is 6.87. The van der Waals surface area contributed by atoms with Gasteiger partial charge in [0, 0.05) is 58.2 Å². The summed E-state index contributed by atoms with van der Waals surface area (Å²) in [5, 5.41) is 23.9. The van der Waals surface area contributed by atoms with Crippen LogP contribution >= 0.6 is 0 Å². The first-order valence-electron chi connectivity index (χ1n) is 9.71. The number of aromatic hydroxyl groups is 1. The molecule has 3 aromatic carbocycles. The molecule has 0 saturated heterocycles. The van der Waals surface area contributed by atoms with Crippen LogP contribution in [0.5, 0.6) is 11.5 Å². The molecule has 0 atom stereocenters. The van der Waals surface area contributed by atoms with E-state index < -0.39 is 0 Å². The first-order valence-corrected chi connectivity index (χ1v) is 9.71. The molecule has 0 spiro atoms. The number of aromatic amines is 1. The van der Waals surface area contributed by atoms with Crippen molar-refractivity contribution in [2.75, 3.05) is 13.7 Å². The Balaban J connectivity index is 1.94. The van der Waals surface area contributed by atoms with Crippen LogP contribution in [0.15, 0.2) is 60.9 Å². The van der Waals surface area contributed by atoms with Gasteiger partial charge in [-0.1, -0.05) is 18.2 Å². The predicted octanol–water partition coefficient (Wildman–Crippen LogP) is 5.04. The van der Waals surface area contributed by atoms with Crippen LogP contribution < -0.4 is 4.74 Å². The third-order valence-electron chi connectivity index (χ3n) is 5.61. The number of methoxy groups -OCH3 is 1. The van der Waals surface area contributed by atoms with Crippen molar-refractivity contribution in [3.8, 4) is 22.6 Å². The molecule has 3 N–H and O–H groups in total. The Labute approximate surface area is 167 Å². The molecule has 0 aliphatic rings. The van der Waals surface area contributed by atoms with Crippen molar-refractivity contribution in [1.82, 2.24) is 9.55 Å². The molecule has 0 amide bonds.